The molecule has 3 heteroatoms. The Hall–Kier alpha value is -1.06. The van der Waals surface area contributed by atoms with Gasteiger partial charge in [-0.15, -0.1) is 0 Å². The van der Waals surface area contributed by atoms with Crippen molar-refractivity contribution in [2.45, 2.75) is 25.7 Å². The van der Waals surface area contributed by atoms with Crippen molar-refractivity contribution in [3.05, 3.63) is 29.8 Å². The van der Waals surface area contributed by atoms with E-state index in [0.29, 0.717) is 13.2 Å². The fourth-order valence-electron chi connectivity index (χ4n) is 2.51. The molecule has 0 atom stereocenters. The van der Waals surface area contributed by atoms with E-state index in [1.807, 2.05) is 0 Å². The molecular weight excluding hydrogens is 238 g/mol. The number of hydrogen-bond donors (Lipinski definition) is 0. The highest BCUT2D eigenvalue weighted by Gasteiger charge is 2.10. The number of aryl methyl sites for hydroxylation is 1. The molecule has 1 aromatic rings. The highest BCUT2D eigenvalue weighted by Crippen LogP contribution is 2.14. The van der Waals surface area contributed by atoms with E-state index in [-0.39, 0.29) is 0 Å². The molecule has 0 amide bonds. The Labute approximate surface area is 116 Å². The maximum absolute atomic E-state index is 5.55. The topological polar surface area (TPSA) is 21.7 Å². The molecule has 1 saturated heterocycles. The SMILES string of the molecule is COCCOc1ccc(CCCN2CCCC2)cc1. The standard InChI is InChI=1S/C16H25NO2/c1-18-13-14-19-16-8-6-15(7-9-16)5-4-12-17-10-2-3-11-17/h6-9H,2-5,10-14H2,1H3. The van der Waals surface area contributed by atoms with Crippen LogP contribution in [0.4, 0.5) is 0 Å². The van der Waals surface area contributed by atoms with E-state index in [0.717, 1.165) is 12.2 Å². The van der Waals surface area contributed by atoms with Gasteiger partial charge in [-0.05, 0) is 63.0 Å². The summed E-state index contributed by atoms with van der Waals surface area (Å²) in [7, 11) is 1.69. The fraction of sp³-hybridized carbons (Fsp3) is 0.625. The van der Waals surface area contributed by atoms with E-state index in [1.54, 1.807) is 7.11 Å². The number of hydrogen-bond acceptors (Lipinski definition) is 3. The summed E-state index contributed by atoms with van der Waals surface area (Å²) in [5.41, 5.74) is 1.40. The molecule has 1 aromatic carbocycles. The molecule has 1 aliphatic heterocycles. The average molecular weight is 263 g/mol. The van der Waals surface area contributed by atoms with E-state index in [4.69, 9.17) is 9.47 Å². The van der Waals surface area contributed by atoms with Gasteiger partial charge in [-0.3, -0.25) is 0 Å². The first kappa shape index (κ1) is 14.4. The molecule has 0 radical (unpaired) electrons. The van der Waals surface area contributed by atoms with Crippen molar-refractivity contribution in [3.8, 4) is 5.75 Å². The van der Waals surface area contributed by atoms with Crippen LogP contribution in [-0.2, 0) is 11.2 Å². The Morgan fingerprint density at radius 3 is 2.47 bits per heavy atom. The number of benzene rings is 1. The third kappa shape index (κ3) is 5.21. The van der Waals surface area contributed by atoms with Crippen molar-refractivity contribution >= 4 is 0 Å². The molecule has 0 N–H and O–H groups in total. The number of rotatable bonds is 8. The molecule has 0 spiro atoms. The van der Waals surface area contributed by atoms with Crippen LogP contribution in [0.2, 0.25) is 0 Å². The lowest BCUT2D eigenvalue weighted by Crippen LogP contribution is -2.20. The van der Waals surface area contributed by atoms with Gasteiger partial charge in [0.2, 0.25) is 0 Å². The molecule has 0 aliphatic carbocycles. The Morgan fingerprint density at radius 1 is 1.05 bits per heavy atom. The molecule has 0 saturated carbocycles. The van der Waals surface area contributed by atoms with Crippen LogP contribution < -0.4 is 4.74 Å². The lowest BCUT2D eigenvalue weighted by molar-refractivity contribution is 0.146. The zero-order valence-electron chi connectivity index (χ0n) is 11.9. The number of methoxy groups -OCH3 is 1. The van der Waals surface area contributed by atoms with Gasteiger partial charge in [0.15, 0.2) is 0 Å². The van der Waals surface area contributed by atoms with Gasteiger partial charge in [0.25, 0.3) is 0 Å². The van der Waals surface area contributed by atoms with Gasteiger partial charge in [0, 0.05) is 7.11 Å². The van der Waals surface area contributed by atoms with Gasteiger partial charge in [0.1, 0.15) is 12.4 Å². The lowest BCUT2D eigenvalue weighted by atomic mass is 10.1. The third-order valence-electron chi connectivity index (χ3n) is 3.62. The first-order valence-electron chi connectivity index (χ1n) is 7.31. The molecule has 106 valence electrons. The van der Waals surface area contributed by atoms with Crippen LogP contribution in [0.1, 0.15) is 24.8 Å². The number of nitrogens with zero attached hydrogens (tertiary/aromatic N) is 1. The van der Waals surface area contributed by atoms with Crippen molar-refractivity contribution in [1.29, 1.82) is 0 Å². The second kappa shape index (κ2) is 8.18. The maximum atomic E-state index is 5.55. The molecule has 2 rings (SSSR count). The predicted octanol–water partition coefficient (Wildman–Crippen LogP) is 2.74. The van der Waals surface area contributed by atoms with Crippen molar-refractivity contribution in [2.24, 2.45) is 0 Å². The van der Waals surface area contributed by atoms with E-state index < -0.39 is 0 Å². The van der Waals surface area contributed by atoms with Gasteiger partial charge < -0.3 is 14.4 Å². The smallest absolute Gasteiger partial charge is 0.119 e. The Morgan fingerprint density at radius 2 is 1.79 bits per heavy atom. The van der Waals surface area contributed by atoms with Crippen LogP contribution >= 0.6 is 0 Å². The molecule has 0 bridgehead atoms. The van der Waals surface area contributed by atoms with E-state index in [2.05, 4.69) is 29.2 Å². The highest BCUT2D eigenvalue weighted by atomic mass is 16.5. The van der Waals surface area contributed by atoms with Gasteiger partial charge in [-0.1, -0.05) is 12.1 Å². The molecule has 1 aliphatic rings. The predicted molar refractivity (Wildman–Crippen MR) is 77.8 cm³/mol. The van der Waals surface area contributed by atoms with Crippen molar-refractivity contribution in [2.75, 3.05) is 40.0 Å². The summed E-state index contributed by atoms with van der Waals surface area (Å²) >= 11 is 0. The summed E-state index contributed by atoms with van der Waals surface area (Å²) in [6.45, 7) is 5.09. The Balaban J connectivity index is 1.66. The van der Waals surface area contributed by atoms with Crippen LogP contribution in [0.3, 0.4) is 0 Å². The Bertz CT molecular complexity index is 344. The quantitative estimate of drug-likeness (QED) is 0.673. The summed E-state index contributed by atoms with van der Waals surface area (Å²) in [6.07, 6.45) is 5.18. The van der Waals surface area contributed by atoms with Crippen molar-refractivity contribution < 1.29 is 9.47 Å². The molecule has 3 nitrogen and oxygen atoms in total. The monoisotopic (exact) mass is 263 g/mol. The van der Waals surface area contributed by atoms with E-state index in [9.17, 15) is 0 Å². The summed E-state index contributed by atoms with van der Waals surface area (Å²) in [5.74, 6) is 0.931. The van der Waals surface area contributed by atoms with Crippen LogP contribution in [0.5, 0.6) is 5.75 Å². The minimum Gasteiger partial charge on any atom is -0.491 e. The second-order valence-electron chi connectivity index (χ2n) is 5.14. The summed E-state index contributed by atoms with van der Waals surface area (Å²) in [6, 6.07) is 8.46. The minimum atomic E-state index is 0.616. The largest absolute Gasteiger partial charge is 0.491 e. The fourth-order valence-corrected chi connectivity index (χ4v) is 2.51. The Kier molecular flexibility index (Phi) is 6.18. The average Bonchev–Trinajstić information content (AvgIpc) is 2.94. The number of likely N-dealkylation sites (tertiary alicyclic amines) is 1. The first-order valence-corrected chi connectivity index (χ1v) is 7.31. The number of ether oxygens (including phenoxy) is 2. The van der Waals surface area contributed by atoms with Crippen LogP contribution in [0.25, 0.3) is 0 Å². The third-order valence-corrected chi connectivity index (χ3v) is 3.62. The van der Waals surface area contributed by atoms with E-state index >= 15 is 0 Å². The van der Waals surface area contributed by atoms with Crippen LogP contribution in [0.15, 0.2) is 24.3 Å². The van der Waals surface area contributed by atoms with Gasteiger partial charge in [-0.25, -0.2) is 0 Å². The van der Waals surface area contributed by atoms with Crippen LogP contribution in [0, 0.1) is 0 Å². The molecular formula is C16H25NO2. The molecule has 1 heterocycles. The maximum Gasteiger partial charge on any atom is 0.119 e. The first-order chi connectivity index (χ1) is 9.38. The molecule has 19 heavy (non-hydrogen) atoms. The van der Waals surface area contributed by atoms with Crippen molar-refractivity contribution in [1.82, 2.24) is 4.90 Å². The summed E-state index contributed by atoms with van der Waals surface area (Å²) in [5, 5.41) is 0. The zero-order valence-corrected chi connectivity index (χ0v) is 11.9. The molecule has 0 aromatic heterocycles. The summed E-state index contributed by atoms with van der Waals surface area (Å²) in [4.78, 5) is 2.57. The molecule has 1 fully saturated rings. The van der Waals surface area contributed by atoms with Gasteiger partial charge >= 0.3 is 0 Å². The van der Waals surface area contributed by atoms with Crippen LogP contribution in [-0.4, -0.2) is 44.9 Å². The second-order valence-corrected chi connectivity index (χ2v) is 5.14. The minimum absolute atomic E-state index is 0.616. The van der Waals surface area contributed by atoms with Crippen molar-refractivity contribution in [3.63, 3.8) is 0 Å². The van der Waals surface area contributed by atoms with Gasteiger partial charge in [0.05, 0.1) is 6.61 Å². The zero-order chi connectivity index (χ0) is 13.3. The summed E-state index contributed by atoms with van der Waals surface area (Å²) < 4.78 is 10.5. The van der Waals surface area contributed by atoms with Gasteiger partial charge in [-0.2, -0.15) is 0 Å². The highest BCUT2D eigenvalue weighted by molar-refractivity contribution is 5.27. The lowest BCUT2D eigenvalue weighted by Gasteiger charge is -2.14. The molecule has 0 unspecified atom stereocenters. The normalized spacial score (nSPS) is 15.8. The van der Waals surface area contributed by atoms with E-state index in [1.165, 1.54) is 44.5 Å².